The summed E-state index contributed by atoms with van der Waals surface area (Å²) in [4.78, 5) is 225. The number of guanidine groups is 1. The number of aromatic nitrogens is 3. The average molecular weight is 1780 g/mol. The number of aliphatic hydroxyl groups excluding tert-OH is 3. The van der Waals surface area contributed by atoms with Crippen LogP contribution in [0.2, 0.25) is 0 Å². The first-order valence-corrected chi connectivity index (χ1v) is 44.7. The number of aliphatic hydroxyl groups is 3. The first-order valence-electron chi connectivity index (χ1n) is 44.7. The number of aromatic amines is 2. The summed E-state index contributed by atoms with van der Waals surface area (Å²) in [5.41, 5.74) is 18.9. The van der Waals surface area contributed by atoms with Crippen molar-refractivity contribution in [3.8, 4) is 0 Å². The standard InChI is InChI=1S/C87H136N22O18/c1-4-6-8-9-10-11-12-13-14-15-16-17-21-34-73(115)97-50-74(116)108-75(54(3)111)85(126)102-65(37-38-72(89)114)79(120)105-69(45-57-48-93-53-98-57)82(123)107-70(52-110)83(124)101-63(30-7-5-2)77(118)103-66-36-35-58(112)49-92-40-25-24-32-62(76(117)94-42-39-88)99-81(122)68(44-56-47-96-61-31-23-22-29-60(56)61)104-78(119)64(33-26-41-95-87(90)91)100-80(121)67(43-55-27-19-18-20-28-55)106-84(125)71-46-59(113)51-109(71)86(66)127/h18-20,22-23,27-29,31,47-48,53-54,59,62-71,75,92,96,110-111,113H,4-17,21,24-26,30,32-46,49-52,88H2,1-3H3,(H2,89,114)(H,93,98)(H,94,117)(H,97,115)(H,99,122)(H,100,121)(H,101,124)(H,102,126)(H,103,118)(H,104,119)(H,105,120)(H,106,125)(H,107,123)(H,108,116)(H4,90,91,95)/t54-,59-,62+,63+,64+,65+,66+,67-,68+,69+,70+,71+,75+/m1/s1. The van der Waals surface area contributed by atoms with E-state index in [1.54, 1.807) is 49.5 Å². The van der Waals surface area contributed by atoms with Gasteiger partial charge in [0, 0.05) is 94.4 Å². The van der Waals surface area contributed by atoms with Gasteiger partial charge in [0.05, 0.1) is 43.9 Å². The molecule has 40 nitrogen and oxygen atoms in total. The largest absolute Gasteiger partial charge is 0.394 e. The Morgan fingerprint density at radius 3 is 1.88 bits per heavy atom. The molecule has 0 saturated carbocycles. The second-order valence-electron chi connectivity index (χ2n) is 32.7. The third-order valence-electron chi connectivity index (χ3n) is 22.2. The number of imidazole rings is 1. The summed E-state index contributed by atoms with van der Waals surface area (Å²) < 4.78 is 0. The molecule has 127 heavy (non-hydrogen) atoms. The Labute approximate surface area is 740 Å². The molecule has 0 spiro atoms. The Balaban J connectivity index is 1.22. The number of carbonyl (C=O) groups excluding carboxylic acids is 15. The molecule has 2 aromatic carbocycles. The van der Waals surface area contributed by atoms with Crippen LogP contribution in [0.1, 0.15) is 211 Å². The van der Waals surface area contributed by atoms with Crippen LogP contribution in [0.5, 0.6) is 0 Å². The van der Waals surface area contributed by atoms with Gasteiger partial charge in [-0.25, -0.2) is 4.98 Å². The van der Waals surface area contributed by atoms with Crippen molar-refractivity contribution in [2.75, 3.05) is 52.4 Å². The molecule has 14 amide bonds. The Morgan fingerprint density at radius 1 is 0.614 bits per heavy atom. The van der Waals surface area contributed by atoms with Crippen molar-refractivity contribution < 1.29 is 87.2 Å². The summed E-state index contributed by atoms with van der Waals surface area (Å²) in [5.74, 6) is -13.6. The number of Topliss-reactive ketones (excluding diaryl/α,β-unsaturated/α-hetero) is 1. The summed E-state index contributed by atoms with van der Waals surface area (Å²) in [7, 11) is 0. The second kappa shape index (κ2) is 57.3. The molecule has 0 radical (unpaired) electrons. The molecule has 40 heteroatoms. The number of benzene rings is 2. The lowest BCUT2D eigenvalue weighted by atomic mass is 10.0. The van der Waals surface area contributed by atoms with Crippen LogP contribution in [0.3, 0.4) is 0 Å². The zero-order chi connectivity index (χ0) is 92.6. The number of nitrogens with one attached hydrogen (secondary N) is 17. The highest BCUT2D eigenvalue weighted by atomic mass is 16.3. The van der Waals surface area contributed by atoms with Crippen LogP contribution in [-0.2, 0) is 91.2 Å². The molecule has 2 saturated heterocycles. The number of primary amides is 1. The average Bonchev–Trinajstić information content (AvgIpc) is 1.69. The first-order chi connectivity index (χ1) is 61.0. The van der Waals surface area contributed by atoms with Gasteiger partial charge in [0.1, 0.15) is 72.2 Å². The number of ketones is 1. The van der Waals surface area contributed by atoms with E-state index in [4.69, 9.17) is 22.6 Å². The summed E-state index contributed by atoms with van der Waals surface area (Å²) >= 11 is 0. The molecule has 702 valence electrons. The summed E-state index contributed by atoms with van der Waals surface area (Å²) in [6, 6.07) is -1.71. The fourth-order valence-electron chi connectivity index (χ4n) is 15.0. The highest BCUT2D eigenvalue weighted by Crippen LogP contribution is 2.24. The fraction of sp³-hybridized carbons (Fsp3) is 0.621. The van der Waals surface area contributed by atoms with Crippen molar-refractivity contribution in [1.29, 1.82) is 5.41 Å². The van der Waals surface area contributed by atoms with Crippen LogP contribution in [-0.4, -0.2) is 261 Å². The summed E-state index contributed by atoms with van der Waals surface area (Å²) in [6.07, 6.45) is 14.3. The zero-order valence-corrected chi connectivity index (χ0v) is 73.4. The smallest absolute Gasteiger partial charge is 0.245 e. The minimum Gasteiger partial charge on any atom is -0.394 e. The van der Waals surface area contributed by atoms with Gasteiger partial charge in [-0.2, -0.15) is 0 Å². The second-order valence-corrected chi connectivity index (χ2v) is 32.7. The van der Waals surface area contributed by atoms with E-state index < -0.39 is 225 Å². The first kappa shape index (κ1) is 104. The van der Waals surface area contributed by atoms with Gasteiger partial charge in [0.15, 0.2) is 5.96 Å². The molecule has 2 aliphatic heterocycles. The number of carbonyl (C=O) groups is 15. The summed E-state index contributed by atoms with van der Waals surface area (Å²) in [5, 5.41) is 78.5. The predicted molar refractivity (Wildman–Crippen MR) is 472 cm³/mol. The molecule has 6 rings (SSSR count). The predicted octanol–water partition coefficient (Wildman–Crippen LogP) is -1.38. The molecule has 2 fully saturated rings. The maximum Gasteiger partial charge on any atom is 0.245 e. The molecule has 26 N–H and O–H groups in total. The summed E-state index contributed by atoms with van der Waals surface area (Å²) in [6.45, 7) is 3.07. The van der Waals surface area contributed by atoms with Crippen LogP contribution < -0.4 is 91.6 Å². The van der Waals surface area contributed by atoms with Crippen LogP contribution in [0.25, 0.3) is 10.9 Å². The van der Waals surface area contributed by atoms with Gasteiger partial charge >= 0.3 is 0 Å². The number of unbranched alkanes of at least 4 members (excludes halogenated alkanes) is 13. The molecular weight excluding hydrogens is 1640 g/mol. The van der Waals surface area contributed by atoms with Gasteiger partial charge in [-0.15, -0.1) is 0 Å². The number of nitrogens with two attached hydrogens (primary N) is 3. The van der Waals surface area contributed by atoms with E-state index in [0.29, 0.717) is 36.8 Å². The van der Waals surface area contributed by atoms with Gasteiger partial charge in [0.2, 0.25) is 82.7 Å². The van der Waals surface area contributed by atoms with Crippen LogP contribution >= 0.6 is 0 Å². The number of para-hydroxylation sites is 1. The normalized spacial score (nSPS) is 19.7. The van der Waals surface area contributed by atoms with E-state index in [0.717, 1.165) is 41.5 Å². The molecule has 4 aromatic rings. The van der Waals surface area contributed by atoms with Gasteiger partial charge in [-0.3, -0.25) is 77.3 Å². The van der Waals surface area contributed by atoms with Crippen LogP contribution in [0.4, 0.5) is 0 Å². The minimum atomic E-state index is -1.90. The van der Waals surface area contributed by atoms with Crippen molar-refractivity contribution in [3.63, 3.8) is 0 Å². The third kappa shape index (κ3) is 37.9. The third-order valence-corrected chi connectivity index (χ3v) is 22.2. The molecule has 0 aliphatic carbocycles. The Kier molecular flexibility index (Phi) is 47.0. The maximum absolute atomic E-state index is 15.4. The monoisotopic (exact) mass is 1780 g/mol. The number of hydrogen-bond acceptors (Lipinski definition) is 22. The number of rotatable bonds is 48. The number of nitrogens with zero attached hydrogens (tertiary/aromatic N) is 2. The lowest BCUT2D eigenvalue weighted by molar-refractivity contribution is -0.143. The van der Waals surface area contributed by atoms with E-state index >= 15 is 19.2 Å². The van der Waals surface area contributed by atoms with Crippen LogP contribution in [0, 0.1) is 5.41 Å². The molecule has 4 heterocycles. The Morgan fingerprint density at radius 2 is 1.22 bits per heavy atom. The Bertz CT molecular complexity index is 4190. The van der Waals surface area contributed by atoms with E-state index in [1.807, 2.05) is 18.2 Å². The number of amides is 14. The lowest BCUT2D eigenvalue weighted by Crippen LogP contribution is -2.61. The topological polar surface area (TPSA) is 635 Å². The van der Waals surface area contributed by atoms with Gasteiger partial charge < -0.3 is 122 Å². The molecular formula is C87H136N22O18. The van der Waals surface area contributed by atoms with Gasteiger partial charge in [0.25, 0.3) is 0 Å². The lowest BCUT2D eigenvalue weighted by Gasteiger charge is -2.31. The highest BCUT2D eigenvalue weighted by molar-refractivity contribution is 6.01. The number of hydrogen-bond donors (Lipinski definition) is 23. The van der Waals surface area contributed by atoms with Gasteiger partial charge in [-0.1, -0.05) is 152 Å². The van der Waals surface area contributed by atoms with Crippen molar-refractivity contribution in [1.82, 2.24) is 94.3 Å². The van der Waals surface area contributed by atoms with Crippen molar-refractivity contribution in [2.24, 2.45) is 17.2 Å². The highest BCUT2D eigenvalue weighted by Gasteiger charge is 2.44. The molecule has 0 bridgehead atoms. The zero-order valence-electron chi connectivity index (χ0n) is 73.4. The fourth-order valence-corrected chi connectivity index (χ4v) is 15.0. The SMILES string of the molecule is CCCCCCCCCCCCCCCC(=O)NCC(=O)N[C@H](C(=O)N[C@@H](CCC(N)=O)C(=O)N[C@@H](Cc1c[nH]cn1)C(=O)N[C@@H](CO)C(=O)N[C@@H](CCCC)C(=O)N[C@H]1CCC(=O)CNCCCC[C@@H](C(=O)NCCN)NC(=O)[C@H](Cc2c[nH]c3ccccc23)NC(=O)[C@H](CCCNC(=N)N)NC(=O)[C@@H](Cc2ccccc2)NC(=O)[C@@H]2C[C@@H](O)CN2C1=O)[C@@H](C)O. The van der Waals surface area contributed by atoms with Crippen molar-refractivity contribution in [2.45, 2.75) is 292 Å². The minimum absolute atomic E-state index is 0.0531. The van der Waals surface area contributed by atoms with Gasteiger partial charge in [-0.05, 0) is 88.4 Å². The van der Waals surface area contributed by atoms with Crippen molar-refractivity contribution in [3.05, 3.63) is 90.1 Å². The molecule has 13 atom stereocenters. The quantitative estimate of drug-likeness (QED) is 0.0138. The van der Waals surface area contributed by atoms with E-state index in [1.165, 1.54) is 70.8 Å². The van der Waals surface area contributed by atoms with E-state index in [2.05, 4.69) is 96.3 Å². The van der Waals surface area contributed by atoms with E-state index in [-0.39, 0.29) is 95.7 Å². The molecule has 2 aromatic heterocycles. The molecule has 2 aliphatic rings. The Hall–Kier alpha value is -11.5. The number of fused-ring (bicyclic) bond motifs is 2. The van der Waals surface area contributed by atoms with E-state index in [9.17, 15) is 68.1 Å². The van der Waals surface area contributed by atoms with Crippen molar-refractivity contribution >= 4 is 105 Å². The maximum atomic E-state index is 15.4. The van der Waals surface area contributed by atoms with Crippen LogP contribution in [0.15, 0.2) is 73.3 Å². The molecule has 0 unspecified atom stereocenters. The number of H-pyrrole nitrogens is 2.